The van der Waals surface area contributed by atoms with Gasteiger partial charge in [-0.1, -0.05) is 67.0 Å². The lowest BCUT2D eigenvalue weighted by Gasteiger charge is -2.52. The van der Waals surface area contributed by atoms with Gasteiger partial charge in [0.2, 0.25) is 23.1 Å². The number of likely N-dealkylation sites (N-methyl/N-ethyl adjacent to an activating group) is 4. The normalized spacial score (nSPS) is 31.1. The number of phenols is 4. The minimum absolute atomic E-state index is 0.0145. The molecule has 21 atom stereocenters. The molecule has 0 aliphatic heterocycles. The Bertz CT molecular complexity index is 6520. The van der Waals surface area contributed by atoms with E-state index in [9.17, 15) is 170 Å². The highest BCUT2D eigenvalue weighted by atomic mass is 35.5. The van der Waals surface area contributed by atoms with Crippen molar-refractivity contribution in [3.05, 3.63) is 219 Å². The fourth-order valence-corrected chi connectivity index (χ4v) is 22.9. The zero-order valence-electron chi connectivity index (χ0n) is 75.9. The van der Waals surface area contributed by atoms with E-state index in [1.165, 1.54) is 131 Å². The maximum atomic E-state index is 13.9. The number of aliphatic carboxylic acids is 1. The third-order valence-corrected chi connectivity index (χ3v) is 29.4. The summed E-state index contributed by atoms with van der Waals surface area (Å²) in [7, 11) is 11.9. The number of benzene rings is 4. The van der Waals surface area contributed by atoms with Gasteiger partial charge in [0, 0.05) is 67.8 Å². The van der Waals surface area contributed by atoms with E-state index in [1.54, 1.807) is 0 Å². The highest BCUT2D eigenvalue weighted by molar-refractivity contribution is 6.35. The van der Waals surface area contributed by atoms with Crippen molar-refractivity contribution < 1.29 is 170 Å². The zero-order chi connectivity index (χ0) is 104. The maximum Gasteiger partial charge on any atom is 0.320 e. The number of carbonyl (C=O) groups excluding carboxylic acids is 12. The van der Waals surface area contributed by atoms with Crippen molar-refractivity contribution >= 4 is 110 Å². The first-order chi connectivity index (χ1) is 65.1. The molecule has 1 unspecified atom stereocenters. The predicted octanol–water partition coefficient (Wildman–Crippen LogP) is -0.412. The van der Waals surface area contributed by atoms with Gasteiger partial charge in [0.1, 0.15) is 97.4 Å². The molecule has 12 aliphatic carbocycles. The van der Waals surface area contributed by atoms with Crippen LogP contribution in [0.5, 0.6) is 23.0 Å². The van der Waals surface area contributed by atoms with Crippen molar-refractivity contribution in [1.29, 1.82) is 0 Å². The molecule has 4 aromatic carbocycles. The average molecular weight is 1990 g/mol. The van der Waals surface area contributed by atoms with E-state index < -0.39 is 320 Å². The average Bonchev–Trinajstić information content (AvgIpc) is 0.693. The van der Waals surface area contributed by atoms with Crippen LogP contribution in [0.25, 0.3) is 11.1 Å². The van der Waals surface area contributed by atoms with Crippen LogP contribution in [0.2, 0.25) is 10.0 Å². The lowest BCUT2D eigenvalue weighted by molar-refractivity contribution is -0.160. The highest BCUT2D eigenvalue weighted by Crippen LogP contribution is 2.62. The number of rotatable bonds is 16. The van der Waals surface area contributed by atoms with Gasteiger partial charge in [-0.15, -0.1) is 0 Å². The fraction of sp³-hybridized carbons (Fsp3) is 0.394. The first-order valence-corrected chi connectivity index (χ1v) is 43.9. The van der Waals surface area contributed by atoms with Crippen molar-refractivity contribution in [3.63, 3.8) is 0 Å². The number of nitrogens with two attached hydrogens (primary N) is 4. The minimum atomic E-state index is -2.97. The second-order valence-corrected chi connectivity index (χ2v) is 37.9. The summed E-state index contributed by atoms with van der Waals surface area (Å²) >= 11 is 12.4. The molecule has 0 aromatic heterocycles. The van der Waals surface area contributed by atoms with Gasteiger partial charge in [0.15, 0.2) is 45.5 Å². The van der Waals surface area contributed by atoms with E-state index in [-0.39, 0.29) is 85.0 Å². The number of fused-ring (bicyclic) bond motifs is 12. The number of carboxylic acid groups (broad SMARTS) is 1. The van der Waals surface area contributed by atoms with Crippen molar-refractivity contribution in [2.75, 3.05) is 69.6 Å². The molecule has 4 aromatic rings. The van der Waals surface area contributed by atoms with Crippen LogP contribution in [-0.4, -0.2) is 337 Å². The maximum absolute atomic E-state index is 13.9. The van der Waals surface area contributed by atoms with Gasteiger partial charge in [0.25, 0.3) is 23.6 Å². The molecule has 4 amide bonds. The quantitative estimate of drug-likeness (QED) is 0.0385. The molecule has 12 aliphatic rings. The number of nitrogens with one attached hydrogen (secondary N) is 2. The first-order valence-electron chi connectivity index (χ1n) is 43.2. The Balaban J connectivity index is 0.000000158. The van der Waals surface area contributed by atoms with Gasteiger partial charge in [-0.3, -0.25) is 87.2 Å². The van der Waals surface area contributed by atoms with Gasteiger partial charge in [-0.25, -0.2) is 0 Å². The number of aliphatic hydroxyl groups is 16. The number of amides is 4. The molecular weight excluding hydrogens is 1880 g/mol. The molecule has 0 saturated heterocycles. The Labute approximate surface area is 803 Å². The van der Waals surface area contributed by atoms with Crippen LogP contribution in [0.3, 0.4) is 0 Å². The summed E-state index contributed by atoms with van der Waals surface area (Å²) in [4.78, 5) is 173. The van der Waals surface area contributed by atoms with Crippen LogP contribution >= 0.6 is 23.2 Å². The van der Waals surface area contributed by atoms with Crippen LogP contribution in [0.4, 0.5) is 0 Å². The summed E-state index contributed by atoms with van der Waals surface area (Å²) in [6.45, 7) is 9.16. The van der Waals surface area contributed by atoms with Crippen molar-refractivity contribution in [2.45, 2.75) is 116 Å². The second-order valence-electron chi connectivity index (χ2n) is 37.1. The Morgan fingerprint density at radius 1 is 0.464 bits per heavy atom. The number of aromatic hydroxyl groups is 4. The number of Topliss-reactive ketones (excluding diaryl/α,β-unsaturated/α-hetero) is 8. The molecule has 0 bridgehead atoms. The van der Waals surface area contributed by atoms with Crippen LogP contribution in [0.15, 0.2) is 164 Å². The number of phenolic OH excluding ortho intramolecular Hbond substituents is 4. The Morgan fingerprint density at radius 3 is 1.32 bits per heavy atom. The lowest BCUT2D eigenvalue weighted by atomic mass is 9.55. The van der Waals surface area contributed by atoms with Gasteiger partial charge >= 0.3 is 5.97 Å². The number of primary amides is 3. The van der Waals surface area contributed by atoms with Gasteiger partial charge in [-0.2, -0.15) is 0 Å². The lowest BCUT2D eigenvalue weighted by Crippen LogP contribution is -2.68. The van der Waals surface area contributed by atoms with Crippen molar-refractivity contribution in [1.82, 2.24) is 30.2 Å². The zero-order valence-corrected chi connectivity index (χ0v) is 77.4. The van der Waals surface area contributed by atoms with E-state index in [0.29, 0.717) is 19.4 Å². The number of ketones is 8. The topological polar surface area (TPSA) is 788 Å². The molecule has 0 saturated carbocycles. The third-order valence-electron chi connectivity index (χ3n) is 28.8. The van der Waals surface area contributed by atoms with Gasteiger partial charge in [0.05, 0.1) is 100.0 Å². The summed E-state index contributed by atoms with van der Waals surface area (Å²) in [5.74, 6) is -35.4. The number of carbonyl (C=O) groups is 13. The van der Waals surface area contributed by atoms with Crippen molar-refractivity contribution in [2.24, 2.45) is 70.3 Å². The molecule has 0 fully saturated rings. The highest BCUT2D eigenvalue weighted by Gasteiger charge is 2.72. The molecule has 44 nitrogen and oxygen atoms in total. The van der Waals surface area contributed by atoms with E-state index >= 15 is 0 Å². The summed E-state index contributed by atoms with van der Waals surface area (Å²) in [5, 5.41) is 236. The van der Waals surface area contributed by atoms with Crippen LogP contribution < -0.4 is 33.6 Å². The molecular formula is C94H102Cl2N10O34. The van der Waals surface area contributed by atoms with Gasteiger partial charge < -0.3 is 135 Å². The first kappa shape index (κ1) is 104. The minimum Gasteiger partial charge on any atom is -0.510 e. The third kappa shape index (κ3) is 15.1. The molecule has 31 N–H and O–H groups in total. The van der Waals surface area contributed by atoms with Crippen LogP contribution in [0.1, 0.15) is 109 Å². The molecule has 46 heteroatoms. The number of carboxylic acids is 1. The van der Waals surface area contributed by atoms with E-state index in [0.717, 1.165) is 12.1 Å². The summed E-state index contributed by atoms with van der Waals surface area (Å²) < 4.78 is 0. The van der Waals surface area contributed by atoms with Crippen LogP contribution in [0, 0.1) is 47.3 Å². The molecule has 0 radical (unpaired) electrons. The van der Waals surface area contributed by atoms with E-state index in [4.69, 9.17) is 46.1 Å². The molecule has 16 rings (SSSR count). The number of nitrogens with zero attached hydrogens (tertiary/aromatic N) is 4. The molecule has 140 heavy (non-hydrogen) atoms. The standard InChI is InChI=1S/C29H38N4O10.C22H21ClN2O8.C22H22N2O8.C21H21ClN2O8/c1-28(42)13-7-6-9-17(34)18(13)22(35)19-14(28)11-15-21(33(2)3)23(36)20(25(38)29(15,43)24(19)37)26(39)32-12-31-16(27(40)41)8-4-5-10-30;1-6-9-7(23)4-5-8(26)11(9)16(27)12-10(6)17(28)14-15(25(2)3)18(29)13(21(24)32)20(31)22(14,33)19(12)30;1-7-8-5-4-6-9(25)11(8)16(26)12-10(7)17(27)14-15(24(2)3)18(28)13(21(23)31)20(30)22(14,32)19(12)29;1-24(2)14-7-5-6-10(16(27)12-9(25)4-3-8(22)11(12)15(6)26)18(29)21(7,32)19(30)13(17(14)28)20(23)31/h6-7,9,14-16,21,31,34,36-37,42-43H,4-5,8,10-12,30H2,1-3H3,(H,32,39)(H,40,41);4-5,10,14-15,17,26,28-30,33H,1H2,2-3H3,(H2,24,32);4-6,10,14-15,17,25,27-29,32H,1H2,2-3H3,(H2,23,31);3-4,6-7,14-15,25-26,28-29,32H,5H2,1-2H3,(H2,23,31)/t14?,15-,16-,21-,28+,29-;2*10-,14-,15+,17+,22+;6-,7-,14-,15-,21-/m0110/s1. The second kappa shape index (κ2) is 36.7. The molecule has 746 valence electrons. The number of halogens is 2. The summed E-state index contributed by atoms with van der Waals surface area (Å²) in [6.07, 6.45) is -4.07. The number of aliphatic hydroxyl groups excluding tert-OH is 11. The van der Waals surface area contributed by atoms with Gasteiger partial charge in [-0.05, 0) is 154 Å². The summed E-state index contributed by atoms with van der Waals surface area (Å²) in [6, 6.07) is 7.23. The Hall–Kier alpha value is -13.4. The Morgan fingerprint density at radius 2 is 0.850 bits per heavy atom. The number of hydrogen-bond donors (Lipinski definition) is 27. The predicted molar refractivity (Wildman–Crippen MR) is 487 cm³/mol. The van der Waals surface area contributed by atoms with Crippen LogP contribution in [-0.2, 0) is 48.8 Å². The fourth-order valence-electron chi connectivity index (χ4n) is 22.4. The number of unbranched alkanes of at least 4 members (excludes halogenated alkanes) is 1. The summed E-state index contributed by atoms with van der Waals surface area (Å²) in [5.41, 5.74) is 1.54. The Kier molecular flexibility index (Phi) is 27.2. The smallest absolute Gasteiger partial charge is 0.320 e. The van der Waals surface area contributed by atoms with Crippen molar-refractivity contribution in [3.8, 4) is 23.0 Å². The largest absolute Gasteiger partial charge is 0.510 e. The molecule has 0 heterocycles. The van der Waals surface area contributed by atoms with E-state index in [2.05, 4.69) is 23.8 Å². The SMILES string of the molecule is C=C1c2c(Cl)ccc(O)c2C(=O)C2=C(O)[C@]3(O)C(=O)C(C(N)=O)=C(O)[C@@H](N(C)C)[C@@H]3[C@@H](O)[C@H]12.C=C1c2cccc(O)c2C(=O)C2=C(O)[C@]3(O)C(=O)C(C(N)=O)=C(O)[C@@H](N(C)C)[C@@H]3[C@@H](O)[C@H]12.CN(C)[C@@H]1C(O)=C(C(=O)NCN[C@@H](CCCCN)C(=O)O)C(=O)[C@@]2(O)C(O)=C3C(=O)c4c(O)cccc4[C@@](C)(O)C3C[C@@H]12.CN(C)[C@@H]1C(O)=C(C(N)=O)C(=O)[C@@]2(O)C(O)=C3C(=O)c4c(O)ccc(Cl)c4[C@@H](O)[C@H]3C[C@@H]12. The van der Waals surface area contributed by atoms with E-state index in [1.807, 2.05) is 0 Å². The molecule has 0 spiro atoms. The number of hydrogen-bond acceptors (Lipinski definition) is 39. The monoisotopic (exact) mass is 1980 g/mol.